The van der Waals surface area contributed by atoms with Crippen LogP contribution in [0.1, 0.15) is 125 Å². The first-order valence-corrected chi connectivity index (χ1v) is 17.9. The van der Waals surface area contributed by atoms with Gasteiger partial charge < -0.3 is 16.0 Å². The second-order valence-corrected chi connectivity index (χ2v) is 13.0. The number of likely N-dealkylation sites (N-methyl/N-ethyl adjacent to an activating group) is 1. The van der Waals surface area contributed by atoms with Crippen molar-refractivity contribution >= 4 is 11.8 Å². The fourth-order valence-corrected chi connectivity index (χ4v) is 5.08. The van der Waals surface area contributed by atoms with Crippen LogP contribution in [-0.4, -0.2) is 18.5 Å². The molecular weight excluding hydrogens is 555 g/mol. The molecule has 44 heavy (non-hydrogen) atoms. The summed E-state index contributed by atoms with van der Waals surface area (Å²) in [5, 5.41) is 5.38. The van der Waals surface area contributed by atoms with Crippen LogP contribution in [0.4, 0.5) is 0 Å². The fraction of sp³-hybridized carbons (Fsp3) is 0.575. The number of nitrogens with two attached hydrogens (primary N) is 1. The van der Waals surface area contributed by atoms with E-state index in [1.165, 1.54) is 101 Å². The van der Waals surface area contributed by atoms with Crippen LogP contribution in [0, 0.1) is 11.8 Å². The van der Waals surface area contributed by atoms with Gasteiger partial charge in [0.05, 0.1) is 6.54 Å². The van der Waals surface area contributed by atoms with Crippen molar-refractivity contribution in [1.82, 2.24) is 10.2 Å². The van der Waals surface area contributed by atoms with E-state index in [1.807, 2.05) is 12.3 Å². The van der Waals surface area contributed by atoms with Gasteiger partial charge in [0, 0.05) is 29.5 Å². The van der Waals surface area contributed by atoms with E-state index in [0.717, 1.165) is 29.5 Å². The van der Waals surface area contributed by atoms with Crippen LogP contribution in [0.3, 0.4) is 0 Å². The van der Waals surface area contributed by atoms with Gasteiger partial charge in [0.25, 0.3) is 0 Å². The van der Waals surface area contributed by atoms with Gasteiger partial charge in [-0.05, 0) is 68.2 Å². The quantitative estimate of drug-likeness (QED) is 0.102. The Hall–Kier alpha value is -2.55. The third-order valence-corrected chi connectivity index (χ3v) is 7.93. The molecule has 250 valence electrons. The molecular formula is C40H69N3S. The number of nitrogens with one attached hydrogen (secondary N) is 1. The van der Waals surface area contributed by atoms with Gasteiger partial charge in [0.2, 0.25) is 0 Å². The molecule has 2 aliphatic rings. The van der Waals surface area contributed by atoms with Crippen molar-refractivity contribution < 1.29 is 0 Å². The molecule has 0 heterocycles. The van der Waals surface area contributed by atoms with Crippen LogP contribution >= 0.6 is 11.8 Å². The highest BCUT2D eigenvalue weighted by molar-refractivity contribution is 8.06. The average molecular weight is 624 g/mol. The molecule has 0 spiro atoms. The largest absolute Gasteiger partial charge is 0.405 e. The molecule has 1 fully saturated rings. The van der Waals surface area contributed by atoms with Crippen molar-refractivity contribution in [3.05, 3.63) is 102 Å². The van der Waals surface area contributed by atoms with Gasteiger partial charge in [-0.15, -0.1) is 5.73 Å². The van der Waals surface area contributed by atoms with Crippen LogP contribution in [-0.2, 0) is 0 Å². The normalized spacial score (nSPS) is 14.4. The summed E-state index contributed by atoms with van der Waals surface area (Å²) in [6.07, 6.45) is 33.3. The number of hydrogen-bond donors (Lipinski definition) is 2. The van der Waals surface area contributed by atoms with Gasteiger partial charge in [-0.3, -0.25) is 0 Å². The second-order valence-electron chi connectivity index (χ2n) is 11.9. The van der Waals surface area contributed by atoms with Crippen molar-refractivity contribution in [1.29, 1.82) is 0 Å². The monoisotopic (exact) mass is 624 g/mol. The first kappa shape index (κ1) is 43.6. The van der Waals surface area contributed by atoms with Crippen molar-refractivity contribution in [3.8, 4) is 0 Å². The molecule has 0 amide bonds. The van der Waals surface area contributed by atoms with Crippen LogP contribution in [0.2, 0.25) is 0 Å². The molecule has 0 aromatic rings. The van der Waals surface area contributed by atoms with Crippen LogP contribution < -0.4 is 11.1 Å². The minimum absolute atomic E-state index is 0.600. The van der Waals surface area contributed by atoms with Crippen LogP contribution in [0.15, 0.2) is 102 Å². The maximum atomic E-state index is 4.61. The Bertz CT molecular complexity index is 903. The fourth-order valence-electron chi connectivity index (χ4n) is 4.59. The molecule has 0 aromatic heterocycles. The molecule has 0 aliphatic heterocycles. The molecule has 4 heteroatoms. The van der Waals surface area contributed by atoms with Crippen molar-refractivity contribution in [2.45, 2.75) is 125 Å². The number of rotatable bonds is 16. The number of hydrogen-bond acceptors (Lipinski definition) is 4. The van der Waals surface area contributed by atoms with Gasteiger partial charge in [0.15, 0.2) is 0 Å². The predicted molar refractivity (Wildman–Crippen MR) is 204 cm³/mol. The van der Waals surface area contributed by atoms with Crippen molar-refractivity contribution in [2.75, 3.05) is 13.6 Å². The Kier molecular flexibility index (Phi) is 31.6. The lowest BCUT2D eigenvalue weighted by Crippen LogP contribution is -2.23. The maximum absolute atomic E-state index is 4.61. The van der Waals surface area contributed by atoms with E-state index < -0.39 is 0 Å². The number of nitrogens with zero attached hydrogens (tertiary/aromatic N) is 1. The van der Waals surface area contributed by atoms with Gasteiger partial charge in [-0.2, -0.15) is 0 Å². The molecule has 0 aromatic carbocycles. The third-order valence-electron chi connectivity index (χ3n) is 7.22. The highest BCUT2D eigenvalue weighted by atomic mass is 32.2. The number of thioether (sulfide) groups is 1. The van der Waals surface area contributed by atoms with Gasteiger partial charge in [-0.25, -0.2) is 0 Å². The minimum atomic E-state index is 0.600. The predicted octanol–water partition coefficient (Wildman–Crippen LogP) is 12.3. The molecule has 3 N–H and O–H groups in total. The summed E-state index contributed by atoms with van der Waals surface area (Å²) in [6.45, 7) is 26.5. The maximum Gasteiger partial charge on any atom is 0.0541 e. The summed E-state index contributed by atoms with van der Waals surface area (Å²) in [5.41, 5.74) is 11.1. The van der Waals surface area contributed by atoms with Crippen molar-refractivity contribution in [2.24, 2.45) is 17.6 Å². The van der Waals surface area contributed by atoms with Gasteiger partial charge >= 0.3 is 0 Å². The highest BCUT2D eigenvalue weighted by Gasteiger charge is 2.10. The van der Waals surface area contributed by atoms with Crippen molar-refractivity contribution in [3.63, 3.8) is 0 Å². The smallest absolute Gasteiger partial charge is 0.0541 e. The summed E-state index contributed by atoms with van der Waals surface area (Å²) in [7, 11) is 2.08. The lowest BCUT2D eigenvalue weighted by Gasteiger charge is -2.25. The lowest BCUT2D eigenvalue weighted by molar-refractivity contribution is 0.419. The SMILES string of the molecule is C=C(/C=C/C1CCCCC1)S/C=C\NCC(=C)N(C)C1=CCCC(C)=C1.C=C=CC(C)C.C=CN.CCCCCCCCC. The Labute approximate surface area is 279 Å². The number of allylic oxidation sites excluding steroid dienone is 6. The Balaban J connectivity index is 0. The zero-order valence-corrected chi connectivity index (χ0v) is 30.5. The zero-order chi connectivity index (χ0) is 33.4. The van der Waals surface area contributed by atoms with Gasteiger partial charge in [0.1, 0.15) is 0 Å². The van der Waals surface area contributed by atoms with Crippen LogP contribution in [0.25, 0.3) is 0 Å². The molecule has 0 bridgehead atoms. The average Bonchev–Trinajstić information content (AvgIpc) is 3.01. The van der Waals surface area contributed by atoms with E-state index in [-0.39, 0.29) is 0 Å². The molecule has 2 aliphatic carbocycles. The van der Waals surface area contributed by atoms with E-state index in [9.17, 15) is 0 Å². The molecule has 3 nitrogen and oxygen atoms in total. The first-order chi connectivity index (χ1) is 21.2. The molecule has 0 saturated heterocycles. The summed E-state index contributed by atoms with van der Waals surface area (Å²) < 4.78 is 0. The summed E-state index contributed by atoms with van der Waals surface area (Å²) in [5.74, 6) is 1.36. The minimum Gasteiger partial charge on any atom is -0.405 e. The van der Waals surface area contributed by atoms with E-state index in [1.54, 1.807) is 11.8 Å². The van der Waals surface area contributed by atoms with E-state index in [0.29, 0.717) is 5.92 Å². The van der Waals surface area contributed by atoms with E-state index in [4.69, 9.17) is 0 Å². The molecule has 1 saturated carbocycles. The van der Waals surface area contributed by atoms with Gasteiger partial charge in [-0.1, -0.05) is 154 Å². The molecule has 0 unspecified atom stereocenters. The molecule has 0 radical (unpaired) electrons. The lowest BCUT2D eigenvalue weighted by atomic mass is 9.89. The Morgan fingerprint density at radius 3 is 2.18 bits per heavy atom. The molecule has 0 atom stereocenters. The summed E-state index contributed by atoms with van der Waals surface area (Å²) in [6, 6.07) is 0. The summed E-state index contributed by atoms with van der Waals surface area (Å²) in [4.78, 5) is 3.26. The summed E-state index contributed by atoms with van der Waals surface area (Å²) >= 11 is 1.66. The highest BCUT2D eigenvalue weighted by Crippen LogP contribution is 2.26. The second kappa shape index (κ2) is 31.9. The Morgan fingerprint density at radius 2 is 1.68 bits per heavy atom. The zero-order valence-electron chi connectivity index (χ0n) is 29.6. The Morgan fingerprint density at radius 1 is 1.09 bits per heavy atom. The van der Waals surface area contributed by atoms with Crippen LogP contribution in [0.5, 0.6) is 0 Å². The third kappa shape index (κ3) is 28.2. The standard InChI is InChI=1S/C23H34N2S.C9H20.C6H10.C2H5N/c1-19-9-8-12-23(17-19)25(4)20(2)18-24-15-16-26-21(3)13-14-22-10-6-5-7-11-22;1-3-5-7-9-8-6-4-2;1-4-5-6(2)3;1-2-3/h12-17,22,24H,2-3,5-11,18H2,1,4H3;3-9H2,1-2H3;5-6H,1H2,2-3H3;2H,1,3H2/b14-13+,16-15-;;;. The molecule has 2 rings (SSSR count). The first-order valence-electron chi connectivity index (χ1n) is 17.1. The van der Waals surface area contributed by atoms with E-state index >= 15 is 0 Å². The number of unbranched alkanes of at least 4 members (excludes halogenated alkanes) is 6. The topological polar surface area (TPSA) is 41.3 Å². The van der Waals surface area contributed by atoms with E-state index in [2.05, 4.69) is 119 Å².